The third-order valence-corrected chi connectivity index (χ3v) is 5.79. The first-order valence-corrected chi connectivity index (χ1v) is 9.53. The van der Waals surface area contributed by atoms with Gasteiger partial charge < -0.3 is 0 Å². The largest absolute Gasteiger partial charge is 0.295 e. The van der Waals surface area contributed by atoms with E-state index in [4.69, 9.17) is 0 Å². The second-order valence-corrected chi connectivity index (χ2v) is 7.72. The SMILES string of the molecule is Cc1ccn2c(C(=O)Nc3nnc(C4CCCCC4)s3)c(C)nc2c1. The lowest BCUT2D eigenvalue weighted by atomic mass is 9.90. The summed E-state index contributed by atoms with van der Waals surface area (Å²) in [5.74, 6) is 0.303. The smallest absolute Gasteiger partial charge is 0.276 e. The van der Waals surface area contributed by atoms with Gasteiger partial charge in [0.1, 0.15) is 16.3 Å². The molecule has 7 heteroatoms. The topological polar surface area (TPSA) is 72.2 Å². The lowest BCUT2D eigenvalue weighted by molar-refractivity contribution is 0.102. The summed E-state index contributed by atoms with van der Waals surface area (Å²) >= 11 is 1.49. The normalized spacial score (nSPS) is 15.6. The summed E-state index contributed by atoms with van der Waals surface area (Å²) in [5.41, 5.74) is 3.15. The number of nitrogens with one attached hydrogen (secondary N) is 1. The molecule has 0 bridgehead atoms. The van der Waals surface area contributed by atoms with E-state index in [1.807, 2.05) is 36.6 Å². The number of carbonyl (C=O) groups excluding carboxylic acids is 1. The number of fused-ring (bicyclic) bond motifs is 1. The average Bonchev–Trinajstić information content (AvgIpc) is 3.18. The number of aryl methyl sites for hydroxylation is 2. The van der Waals surface area contributed by atoms with Gasteiger partial charge in [0.2, 0.25) is 5.13 Å². The zero-order valence-corrected chi connectivity index (χ0v) is 15.3. The lowest BCUT2D eigenvalue weighted by Crippen LogP contribution is -2.15. The lowest BCUT2D eigenvalue weighted by Gasteiger charge is -2.18. The Labute approximate surface area is 150 Å². The predicted octanol–water partition coefficient (Wildman–Crippen LogP) is 4.10. The van der Waals surface area contributed by atoms with Gasteiger partial charge in [-0.15, -0.1) is 10.2 Å². The Morgan fingerprint density at radius 1 is 1.24 bits per heavy atom. The molecule has 0 saturated heterocycles. The second-order valence-electron chi connectivity index (χ2n) is 6.71. The molecule has 130 valence electrons. The van der Waals surface area contributed by atoms with Crippen molar-refractivity contribution in [1.82, 2.24) is 19.6 Å². The molecule has 1 aliphatic rings. The molecule has 0 atom stereocenters. The number of pyridine rings is 1. The van der Waals surface area contributed by atoms with E-state index in [2.05, 4.69) is 20.5 Å². The number of anilines is 1. The number of hydrogen-bond acceptors (Lipinski definition) is 5. The highest BCUT2D eigenvalue weighted by atomic mass is 32.1. The van der Waals surface area contributed by atoms with Gasteiger partial charge in [-0.2, -0.15) is 0 Å². The van der Waals surface area contributed by atoms with Crippen LogP contribution in [0.25, 0.3) is 5.65 Å². The summed E-state index contributed by atoms with van der Waals surface area (Å²) in [6.07, 6.45) is 8.06. The van der Waals surface area contributed by atoms with Gasteiger partial charge in [0.25, 0.3) is 5.91 Å². The quantitative estimate of drug-likeness (QED) is 0.767. The standard InChI is InChI=1S/C18H21N5OS/c1-11-8-9-23-14(10-11)19-12(2)15(23)16(24)20-18-22-21-17(25-18)13-6-4-3-5-7-13/h8-10,13H,3-7H2,1-2H3,(H,20,22,24). The molecule has 0 spiro atoms. The maximum absolute atomic E-state index is 12.7. The van der Waals surface area contributed by atoms with E-state index in [-0.39, 0.29) is 5.91 Å². The van der Waals surface area contributed by atoms with Crippen LogP contribution in [0, 0.1) is 13.8 Å². The number of nitrogens with zero attached hydrogens (tertiary/aromatic N) is 4. The van der Waals surface area contributed by atoms with Crippen molar-refractivity contribution in [2.75, 3.05) is 5.32 Å². The van der Waals surface area contributed by atoms with E-state index in [9.17, 15) is 4.79 Å². The Kier molecular flexibility index (Phi) is 4.25. The van der Waals surface area contributed by atoms with Crippen LogP contribution in [0.1, 0.15) is 64.8 Å². The molecule has 0 aliphatic heterocycles. The third-order valence-electron chi connectivity index (χ3n) is 4.79. The maximum Gasteiger partial charge on any atom is 0.276 e. The Bertz CT molecular complexity index is 923. The van der Waals surface area contributed by atoms with Gasteiger partial charge in [0, 0.05) is 12.1 Å². The van der Waals surface area contributed by atoms with Crippen LogP contribution in [0.3, 0.4) is 0 Å². The summed E-state index contributed by atoms with van der Waals surface area (Å²) in [4.78, 5) is 17.2. The van der Waals surface area contributed by atoms with E-state index in [0.29, 0.717) is 22.4 Å². The van der Waals surface area contributed by atoms with Gasteiger partial charge in [-0.1, -0.05) is 30.6 Å². The van der Waals surface area contributed by atoms with Gasteiger partial charge in [-0.05, 0) is 44.4 Å². The van der Waals surface area contributed by atoms with Gasteiger partial charge in [-0.3, -0.25) is 14.5 Å². The van der Waals surface area contributed by atoms with Gasteiger partial charge in [0.15, 0.2) is 0 Å². The minimum absolute atomic E-state index is 0.194. The highest BCUT2D eigenvalue weighted by Crippen LogP contribution is 2.35. The molecule has 25 heavy (non-hydrogen) atoms. The Balaban J connectivity index is 1.56. The Hall–Kier alpha value is -2.28. The number of carbonyl (C=O) groups is 1. The van der Waals surface area contributed by atoms with E-state index >= 15 is 0 Å². The molecule has 0 radical (unpaired) electrons. The maximum atomic E-state index is 12.7. The first kappa shape index (κ1) is 16.2. The van der Waals surface area contributed by atoms with Crippen molar-refractivity contribution >= 4 is 28.0 Å². The van der Waals surface area contributed by atoms with E-state index in [0.717, 1.165) is 16.2 Å². The minimum Gasteiger partial charge on any atom is -0.295 e. The first-order chi connectivity index (χ1) is 12.1. The van der Waals surface area contributed by atoms with E-state index in [1.165, 1.54) is 43.4 Å². The van der Waals surface area contributed by atoms with Gasteiger partial charge >= 0.3 is 0 Å². The monoisotopic (exact) mass is 355 g/mol. The summed E-state index contributed by atoms with van der Waals surface area (Å²) < 4.78 is 1.82. The van der Waals surface area contributed by atoms with Crippen LogP contribution in [0.15, 0.2) is 18.3 Å². The van der Waals surface area contributed by atoms with Crippen LogP contribution in [0.4, 0.5) is 5.13 Å². The van der Waals surface area contributed by atoms with Crippen LogP contribution in [-0.2, 0) is 0 Å². The fourth-order valence-electron chi connectivity index (χ4n) is 3.49. The number of rotatable bonds is 3. The molecule has 1 aliphatic carbocycles. The molecule has 0 aromatic carbocycles. The molecule has 1 amide bonds. The highest BCUT2D eigenvalue weighted by molar-refractivity contribution is 7.15. The minimum atomic E-state index is -0.194. The first-order valence-electron chi connectivity index (χ1n) is 8.72. The fourth-order valence-corrected chi connectivity index (χ4v) is 4.40. The molecular weight excluding hydrogens is 334 g/mol. The van der Waals surface area contributed by atoms with Crippen molar-refractivity contribution in [3.63, 3.8) is 0 Å². The molecule has 1 saturated carbocycles. The molecule has 0 unspecified atom stereocenters. The van der Waals surface area contributed by atoms with Crippen molar-refractivity contribution in [2.45, 2.75) is 51.9 Å². The Morgan fingerprint density at radius 3 is 2.84 bits per heavy atom. The molecule has 3 aromatic heterocycles. The Morgan fingerprint density at radius 2 is 2.04 bits per heavy atom. The number of hydrogen-bond donors (Lipinski definition) is 1. The van der Waals surface area contributed by atoms with Crippen LogP contribution < -0.4 is 5.32 Å². The molecule has 3 heterocycles. The van der Waals surface area contributed by atoms with E-state index < -0.39 is 0 Å². The molecular formula is C18H21N5OS. The summed E-state index contributed by atoms with van der Waals surface area (Å²) in [6.45, 7) is 3.86. The van der Waals surface area contributed by atoms with Crippen molar-refractivity contribution in [3.8, 4) is 0 Å². The van der Waals surface area contributed by atoms with E-state index in [1.54, 1.807) is 0 Å². The van der Waals surface area contributed by atoms with Gasteiger partial charge in [0.05, 0.1) is 5.69 Å². The highest BCUT2D eigenvalue weighted by Gasteiger charge is 2.22. The summed E-state index contributed by atoms with van der Waals surface area (Å²) in [6, 6.07) is 3.94. The fraction of sp³-hybridized carbons (Fsp3) is 0.444. The predicted molar refractivity (Wildman–Crippen MR) is 98.4 cm³/mol. The summed E-state index contributed by atoms with van der Waals surface area (Å²) in [5, 5.41) is 13.0. The number of amides is 1. The molecule has 1 N–H and O–H groups in total. The second kappa shape index (κ2) is 6.55. The number of aromatic nitrogens is 4. The van der Waals surface area contributed by atoms with Crippen LogP contribution in [-0.4, -0.2) is 25.5 Å². The van der Waals surface area contributed by atoms with Gasteiger partial charge in [-0.25, -0.2) is 4.98 Å². The third kappa shape index (κ3) is 3.16. The molecule has 6 nitrogen and oxygen atoms in total. The number of imidazole rings is 1. The van der Waals surface area contributed by atoms with Crippen molar-refractivity contribution < 1.29 is 4.79 Å². The zero-order chi connectivity index (χ0) is 17.4. The van der Waals surface area contributed by atoms with Crippen LogP contribution in [0.5, 0.6) is 0 Å². The van der Waals surface area contributed by atoms with Crippen molar-refractivity contribution in [1.29, 1.82) is 0 Å². The van der Waals surface area contributed by atoms with Crippen molar-refractivity contribution in [3.05, 3.63) is 40.3 Å². The molecule has 1 fully saturated rings. The van der Waals surface area contributed by atoms with Crippen molar-refractivity contribution in [2.24, 2.45) is 0 Å². The molecule has 3 aromatic rings. The van der Waals surface area contributed by atoms with Crippen LogP contribution in [0.2, 0.25) is 0 Å². The van der Waals surface area contributed by atoms with Crippen LogP contribution >= 0.6 is 11.3 Å². The summed E-state index contributed by atoms with van der Waals surface area (Å²) in [7, 11) is 0. The molecule has 4 rings (SSSR count). The average molecular weight is 355 g/mol. The zero-order valence-electron chi connectivity index (χ0n) is 14.5.